The first-order valence-corrected chi connectivity index (χ1v) is 18.4. The Hall–Kier alpha value is -2.79. The molecule has 0 saturated carbocycles. The molecule has 7 unspecified atom stereocenters. The van der Waals surface area contributed by atoms with E-state index < -0.39 is 84.6 Å². The summed E-state index contributed by atoms with van der Waals surface area (Å²) in [5.74, 6) is -1.88. The molecule has 10 N–H and O–H groups in total. The predicted octanol–water partition coefficient (Wildman–Crippen LogP) is -2.01. The molecule has 2 aromatic heterocycles. The van der Waals surface area contributed by atoms with Crippen molar-refractivity contribution in [1.29, 1.82) is 0 Å². The van der Waals surface area contributed by atoms with Crippen LogP contribution < -0.4 is 16.4 Å². The molecule has 0 bridgehead atoms. The largest absolute Gasteiger partial charge is 0.481 e. The van der Waals surface area contributed by atoms with Crippen LogP contribution in [-0.4, -0.2) is 118 Å². The molecular weight excluding hydrogens is 727 g/mol. The predicted molar refractivity (Wildman–Crippen MR) is 160 cm³/mol. The zero-order valence-corrected chi connectivity index (χ0v) is 28.6. The third kappa shape index (κ3) is 11.6. The fourth-order valence-electron chi connectivity index (χ4n) is 4.16. The van der Waals surface area contributed by atoms with Crippen molar-refractivity contribution in [3.05, 3.63) is 12.7 Å². The van der Waals surface area contributed by atoms with Gasteiger partial charge in [0.1, 0.15) is 42.0 Å². The first-order chi connectivity index (χ1) is 22.5. The smallest absolute Gasteiger partial charge is 0.386 e. The van der Waals surface area contributed by atoms with E-state index in [0.717, 1.165) is 17.2 Å². The van der Waals surface area contributed by atoms with Crippen LogP contribution >= 0.6 is 23.5 Å². The van der Waals surface area contributed by atoms with Gasteiger partial charge in [0.2, 0.25) is 11.8 Å². The maximum atomic E-state index is 12.6. The Morgan fingerprint density at radius 3 is 2.37 bits per heavy atom. The Kier molecular flexibility index (Phi) is 13.3. The molecule has 3 rings (SSSR count). The van der Waals surface area contributed by atoms with Gasteiger partial charge in [-0.1, -0.05) is 13.8 Å². The summed E-state index contributed by atoms with van der Waals surface area (Å²) >= 11 is 0. The van der Waals surface area contributed by atoms with Gasteiger partial charge in [-0.25, -0.2) is 28.6 Å². The van der Waals surface area contributed by atoms with Gasteiger partial charge in [0.15, 0.2) is 17.7 Å². The van der Waals surface area contributed by atoms with Crippen LogP contribution in [0.25, 0.3) is 11.2 Å². The summed E-state index contributed by atoms with van der Waals surface area (Å²) in [5.41, 5.74) is 4.24. The number of ether oxygens (including phenoxy) is 1. The Morgan fingerprint density at radius 1 is 1.08 bits per heavy atom. The first-order valence-electron chi connectivity index (χ1n) is 13.9. The van der Waals surface area contributed by atoms with Crippen LogP contribution in [0.4, 0.5) is 5.82 Å². The molecule has 1 aliphatic rings. The topological polar surface area (TPSA) is 364 Å². The summed E-state index contributed by atoms with van der Waals surface area (Å²) < 4.78 is 61.7. The highest BCUT2D eigenvalue weighted by Gasteiger charge is 2.50. The van der Waals surface area contributed by atoms with Crippen molar-refractivity contribution in [2.24, 2.45) is 5.41 Å². The number of ketones is 1. The van der Waals surface area contributed by atoms with Crippen LogP contribution in [0.15, 0.2) is 12.7 Å². The number of nitrogens with one attached hydrogen (secondary N) is 2. The molecule has 3 heterocycles. The van der Waals surface area contributed by atoms with Crippen molar-refractivity contribution >= 4 is 58.0 Å². The highest BCUT2D eigenvalue weighted by atomic mass is 31.3. The van der Waals surface area contributed by atoms with E-state index in [-0.39, 0.29) is 42.3 Å². The Labute approximate surface area is 276 Å². The lowest BCUT2D eigenvalue weighted by atomic mass is 9.87. The van der Waals surface area contributed by atoms with Crippen LogP contribution in [0, 0.1) is 5.41 Å². The number of nitrogens with zero attached hydrogens (tertiary/aromatic N) is 4. The second-order valence-electron chi connectivity index (χ2n) is 11.2. The molecule has 0 aliphatic carbocycles. The summed E-state index contributed by atoms with van der Waals surface area (Å²) in [5, 5.41) is 25.8. The van der Waals surface area contributed by atoms with Crippen molar-refractivity contribution in [1.82, 2.24) is 30.2 Å². The highest BCUT2D eigenvalue weighted by Crippen LogP contribution is 2.61. The monoisotopic (exact) mass is 763 g/mol. The van der Waals surface area contributed by atoms with Gasteiger partial charge in [-0.2, -0.15) is 4.31 Å². The molecule has 27 heteroatoms. The number of aliphatic hydroxyl groups is 2. The van der Waals surface area contributed by atoms with E-state index in [2.05, 4.69) is 34.4 Å². The van der Waals surface area contributed by atoms with Crippen molar-refractivity contribution in [3.63, 3.8) is 0 Å². The zero-order valence-electron chi connectivity index (χ0n) is 26.0. The fraction of sp³-hybridized carbons (Fsp3) is 0.636. The number of nitrogen functional groups attached to an aromatic ring is 1. The van der Waals surface area contributed by atoms with E-state index in [1.54, 1.807) is 0 Å². The number of imidazole rings is 1. The highest BCUT2D eigenvalue weighted by molar-refractivity contribution is 7.61. The lowest BCUT2D eigenvalue weighted by molar-refractivity contribution is -0.137. The maximum Gasteiger partial charge on any atom is 0.481 e. The van der Waals surface area contributed by atoms with Crippen LogP contribution in [-0.2, 0) is 50.7 Å². The third-order valence-corrected chi connectivity index (χ3v) is 9.71. The minimum atomic E-state index is -5.56. The number of anilines is 1. The standard InChI is InChI=1S/C22H36N7O17P3/c1-11(30)6-25-13(31)4-5-24-20(34)17(33)22(2,3)8-43-49(40,41)46-48(38,39)42-7-12-16(45-47(35,36)37)15(32)21(44-12)29-10-28-14-18(23)26-9-27-19(14)29/h9-10,12,15-17,21,32-33H,4-8H2,1-3H3,(H,24,34)(H,25,31)(H,38,39)(H,40,41)(H2,23,26,27)(H2,35,36,37). The summed E-state index contributed by atoms with van der Waals surface area (Å²) in [4.78, 5) is 85.6. The van der Waals surface area contributed by atoms with Crippen molar-refractivity contribution in [3.8, 4) is 0 Å². The van der Waals surface area contributed by atoms with E-state index >= 15 is 0 Å². The lowest BCUT2D eigenvalue weighted by Gasteiger charge is -2.30. The summed E-state index contributed by atoms with van der Waals surface area (Å²) in [6.07, 6.45) is -6.97. The van der Waals surface area contributed by atoms with Crippen LogP contribution in [0.3, 0.4) is 0 Å². The second-order valence-corrected chi connectivity index (χ2v) is 15.4. The zero-order chi connectivity index (χ0) is 36.9. The van der Waals surface area contributed by atoms with Gasteiger partial charge in [-0.3, -0.25) is 32.5 Å². The van der Waals surface area contributed by atoms with Gasteiger partial charge in [-0.15, -0.1) is 0 Å². The van der Waals surface area contributed by atoms with Crippen LogP contribution in [0.1, 0.15) is 33.4 Å². The normalized spacial score (nSPS) is 23.0. The fourth-order valence-corrected chi connectivity index (χ4v) is 6.99. The first kappa shape index (κ1) is 40.6. The second kappa shape index (κ2) is 16.0. The molecule has 0 radical (unpaired) electrons. The number of aromatic nitrogens is 4. The minimum absolute atomic E-state index is 0.0293. The number of rotatable bonds is 18. The number of phosphoric acid groups is 3. The molecule has 2 amide bonds. The Balaban J connectivity index is 1.59. The van der Waals surface area contributed by atoms with Gasteiger partial charge in [-0.05, 0) is 6.92 Å². The number of hydrogen-bond acceptors (Lipinski definition) is 17. The minimum Gasteiger partial charge on any atom is -0.386 e. The van der Waals surface area contributed by atoms with Crippen molar-refractivity contribution in [2.45, 2.75) is 57.8 Å². The van der Waals surface area contributed by atoms with Gasteiger partial charge >= 0.3 is 23.5 Å². The number of phosphoric ester groups is 3. The molecule has 1 fully saturated rings. The summed E-state index contributed by atoms with van der Waals surface area (Å²) in [7, 11) is -16.4. The molecule has 49 heavy (non-hydrogen) atoms. The number of fused-ring (bicyclic) bond motifs is 1. The van der Waals surface area contributed by atoms with E-state index in [1.165, 1.54) is 20.8 Å². The Bertz CT molecular complexity index is 1670. The molecule has 7 atom stereocenters. The number of amides is 2. The summed E-state index contributed by atoms with van der Waals surface area (Å²) in [6, 6.07) is 0. The SMILES string of the molecule is CC(=O)CNC(=O)CCNC(=O)C(O)C(C)(C)COP(=O)(O)OP(=O)(O)OCC1OC(n2cnc3c(N)ncnc32)C(O)C1OP(=O)(O)O. The molecule has 0 aromatic carbocycles. The third-order valence-electron chi connectivity index (χ3n) is 6.61. The molecule has 1 saturated heterocycles. The number of hydrogen-bond donors (Lipinski definition) is 9. The van der Waals surface area contributed by atoms with E-state index in [1.807, 2.05) is 0 Å². The number of carbonyl (C=O) groups is 3. The van der Waals surface area contributed by atoms with E-state index in [0.29, 0.717) is 0 Å². The van der Waals surface area contributed by atoms with Crippen molar-refractivity contribution in [2.75, 3.05) is 32.0 Å². The number of carbonyl (C=O) groups excluding carboxylic acids is 3. The number of Topliss-reactive ketones (excluding diaryl/α,β-unsaturated/α-hetero) is 1. The van der Waals surface area contributed by atoms with Crippen molar-refractivity contribution < 1.29 is 80.5 Å². The quantitative estimate of drug-likeness (QED) is 0.0741. The number of aliphatic hydroxyl groups excluding tert-OH is 2. The average Bonchev–Trinajstić information content (AvgIpc) is 3.54. The van der Waals surface area contributed by atoms with E-state index in [9.17, 15) is 57.9 Å². The maximum absolute atomic E-state index is 12.6. The van der Waals surface area contributed by atoms with Gasteiger partial charge in [0.05, 0.1) is 26.1 Å². The van der Waals surface area contributed by atoms with Gasteiger partial charge in [0.25, 0.3) is 0 Å². The Morgan fingerprint density at radius 2 is 1.73 bits per heavy atom. The molecule has 0 spiro atoms. The molecule has 2 aromatic rings. The molecule has 24 nitrogen and oxygen atoms in total. The number of nitrogens with two attached hydrogens (primary N) is 1. The lowest BCUT2D eigenvalue weighted by Crippen LogP contribution is -2.46. The molecule has 276 valence electrons. The van der Waals surface area contributed by atoms with Crippen LogP contribution in [0.5, 0.6) is 0 Å². The van der Waals surface area contributed by atoms with E-state index in [4.69, 9.17) is 19.5 Å². The van der Waals surface area contributed by atoms with Gasteiger partial charge < -0.3 is 50.9 Å². The summed E-state index contributed by atoms with van der Waals surface area (Å²) in [6.45, 7) is 1.28. The van der Waals surface area contributed by atoms with Gasteiger partial charge in [0, 0.05) is 18.4 Å². The van der Waals surface area contributed by atoms with Crippen LogP contribution in [0.2, 0.25) is 0 Å². The molecule has 1 aliphatic heterocycles. The average molecular weight is 763 g/mol. The molecular formula is C22H36N7O17P3.